The molecule has 2 nitrogen and oxygen atoms in total. The summed E-state index contributed by atoms with van der Waals surface area (Å²) in [5, 5.41) is 2.48. The van der Waals surface area contributed by atoms with Crippen molar-refractivity contribution in [3.8, 4) is 0 Å². The molecule has 0 saturated heterocycles. The molecule has 0 rings (SSSR count). The zero-order valence-corrected chi connectivity index (χ0v) is 4.69. The first-order valence-electron chi connectivity index (χ1n) is 2.01. The van der Waals surface area contributed by atoms with Gasteiger partial charge in [-0.3, -0.25) is 4.79 Å². The lowest BCUT2D eigenvalue weighted by molar-refractivity contribution is -0.120. The van der Waals surface area contributed by atoms with E-state index in [4.69, 9.17) is 0 Å². The van der Waals surface area contributed by atoms with Gasteiger partial charge in [0.2, 0.25) is 5.91 Å². The fraction of sp³-hybridized carbons (Fsp3) is 0.833. The summed E-state index contributed by atoms with van der Waals surface area (Å²) in [6, 6.07) is 0. The van der Waals surface area contributed by atoms with Gasteiger partial charge in [-0.15, -0.1) is 0 Å². The highest BCUT2D eigenvalue weighted by Gasteiger charge is 1.84. The Kier molecular flexibility index (Phi) is 41.0. The van der Waals surface area contributed by atoms with Crippen LogP contribution in [0.1, 0.15) is 28.2 Å². The third kappa shape index (κ3) is 18.5. The average Bonchev–Trinajstić information content (AvgIpc) is 1.65. The van der Waals surface area contributed by atoms with Gasteiger partial charge in [-0.25, -0.2) is 0 Å². The normalized spacial score (nSPS) is 5.11. The lowest BCUT2D eigenvalue weighted by atomic mass is 10.5. The molecule has 0 aliphatic rings. The third-order valence-corrected chi connectivity index (χ3v) is 0.600. The highest BCUT2D eigenvalue weighted by molar-refractivity contribution is 5.75. The number of rotatable bonds is 1. The molecule has 9 heavy (non-hydrogen) atoms. The minimum absolute atomic E-state index is 0. The van der Waals surface area contributed by atoms with E-state index in [2.05, 4.69) is 5.32 Å². The first-order valence-corrected chi connectivity index (χ1v) is 2.01. The first kappa shape index (κ1) is 23.6. The number of amides is 1. The van der Waals surface area contributed by atoms with Gasteiger partial charge in [0.25, 0.3) is 0 Å². The lowest BCUT2D eigenvalue weighted by Crippen LogP contribution is -2.15. The van der Waals surface area contributed by atoms with Crippen LogP contribution in [0.25, 0.3) is 0 Å². The topological polar surface area (TPSA) is 29.1 Å². The van der Waals surface area contributed by atoms with Crippen molar-refractivity contribution >= 4 is 14.3 Å². The molecule has 0 bridgehead atoms. The second-order valence-corrected chi connectivity index (χ2v) is 1.03. The van der Waals surface area contributed by atoms with E-state index in [1.165, 1.54) is 0 Å². The van der Waals surface area contributed by atoms with Crippen LogP contribution in [0.15, 0.2) is 0 Å². The third-order valence-electron chi connectivity index (χ3n) is 0.600. The summed E-state index contributed by atoms with van der Waals surface area (Å²) in [5.41, 5.74) is 0. The van der Waals surface area contributed by atoms with E-state index in [0.29, 0.717) is 6.42 Å². The SMILES string of the molecule is C.C.CCC(=O)NC.[B]. The fourth-order valence-corrected chi connectivity index (χ4v) is 0.177. The maximum Gasteiger partial charge on any atom is 0.219 e. The molecule has 0 heterocycles. The monoisotopic (exact) mass is 130 g/mol. The Balaban J connectivity index is -0.0000000417. The first-order chi connectivity index (χ1) is 2.81. The minimum atomic E-state index is 0. The largest absolute Gasteiger partial charge is 0.359 e. The predicted molar refractivity (Wildman–Crippen MR) is 43.6 cm³/mol. The Morgan fingerprint density at radius 2 is 1.78 bits per heavy atom. The van der Waals surface area contributed by atoms with Crippen molar-refractivity contribution in [1.82, 2.24) is 5.32 Å². The van der Waals surface area contributed by atoms with Gasteiger partial charge in [-0.05, 0) is 0 Å². The Hall–Kier alpha value is -0.465. The minimum Gasteiger partial charge on any atom is -0.359 e. The highest BCUT2D eigenvalue weighted by atomic mass is 16.1. The summed E-state index contributed by atoms with van der Waals surface area (Å²) in [4.78, 5) is 10.1. The van der Waals surface area contributed by atoms with Gasteiger partial charge in [0.05, 0.1) is 0 Å². The predicted octanol–water partition coefficient (Wildman–Crippen LogP) is 1.03. The zero-order chi connectivity index (χ0) is 4.99. The van der Waals surface area contributed by atoms with E-state index < -0.39 is 0 Å². The van der Waals surface area contributed by atoms with Crippen LogP contribution in [0.2, 0.25) is 0 Å². The van der Waals surface area contributed by atoms with Crippen LogP contribution in [0.3, 0.4) is 0 Å². The van der Waals surface area contributed by atoms with Crippen molar-refractivity contribution in [1.29, 1.82) is 0 Å². The molecule has 3 radical (unpaired) electrons. The molecule has 0 aliphatic heterocycles. The summed E-state index contributed by atoms with van der Waals surface area (Å²) in [5.74, 6) is 0.0926. The molecule has 0 aromatic rings. The van der Waals surface area contributed by atoms with Crippen LogP contribution < -0.4 is 5.32 Å². The van der Waals surface area contributed by atoms with Crippen molar-refractivity contribution in [2.45, 2.75) is 28.2 Å². The standard InChI is InChI=1S/C4H9NO.2CH4.B/c1-3-4(6)5-2;;;/h3H2,1-2H3,(H,5,6);2*1H4;. The molecular formula is C6H17BNO. The summed E-state index contributed by atoms with van der Waals surface area (Å²) >= 11 is 0. The molecule has 55 valence electrons. The quantitative estimate of drug-likeness (QED) is 0.527. The van der Waals surface area contributed by atoms with Crippen molar-refractivity contribution < 1.29 is 4.79 Å². The maximum absolute atomic E-state index is 10.1. The van der Waals surface area contributed by atoms with Crippen LogP contribution >= 0.6 is 0 Å². The number of carbonyl (C=O) groups excluding carboxylic acids is 1. The van der Waals surface area contributed by atoms with Gasteiger partial charge >= 0.3 is 0 Å². The molecule has 0 aliphatic carbocycles. The molecule has 1 amide bonds. The van der Waals surface area contributed by atoms with Gasteiger partial charge < -0.3 is 5.32 Å². The van der Waals surface area contributed by atoms with Crippen LogP contribution in [0, 0.1) is 0 Å². The Morgan fingerprint density at radius 3 is 1.78 bits per heavy atom. The fourth-order valence-electron chi connectivity index (χ4n) is 0.177. The zero-order valence-electron chi connectivity index (χ0n) is 4.69. The van der Waals surface area contributed by atoms with E-state index in [9.17, 15) is 4.79 Å². The number of nitrogens with one attached hydrogen (secondary N) is 1. The van der Waals surface area contributed by atoms with Crippen molar-refractivity contribution in [2.24, 2.45) is 0 Å². The van der Waals surface area contributed by atoms with E-state index >= 15 is 0 Å². The van der Waals surface area contributed by atoms with Gasteiger partial charge in [-0.2, -0.15) is 0 Å². The van der Waals surface area contributed by atoms with Crippen molar-refractivity contribution in [2.75, 3.05) is 7.05 Å². The van der Waals surface area contributed by atoms with Gasteiger partial charge in [0.1, 0.15) is 0 Å². The maximum atomic E-state index is 10.1. The van der Waals surface area contributed by atoms with Crippen molar-refractivity contribution in [3.63, 3.8) is 0 Å². The summed E-state index contributed by atoms with van der Waals surface area (Å²) in [6.07, 6.45) is 0.580. The lowest BCUT2D eigenvalue weighted by Gasteiger charge is -1.87. The molecule has 0 atom stereocenters. The molecule has 0 unspecified atom stereocenters. The number of hydrogen-bond donors (Lipinski definition) is 1. The van der Waals surface area contributed by atoms with Crippen LogP contribution in [-0.4, -0.2) is 21.4 Å². The van der Waals surface area contributed by atoms with E-state index in [-0.39, 0.29) is 29.2 Å². The smallest absolute Gasteiger partial charge is 0.219 e. The number of carbonyl (C=O) groups is 1. The van der Waals surface area contributed by atoms with E-state index in [1.54, 1.807) is 7.05 Å². The Bertz CT molecular complexity index is 51.0. The summed E-state index contributed by atoms with van der Waals surface area (Å²) < 4.78 is 0. The molecule has 0 spiro atoms. The highest BCUT2D eigenvalue weighted by Crippen LogP contribution is 1.68. The van der Waals surface area contributed by atoms with Gasteiger partial charge in [-0.1, -0.05) is 21.8 Å². The van der Waals surface area contributed by atoms with E-state index in [1.807, 2.05) is 6.92 Å². The van der Waals surface area contributed by atoms with E-state index in [0.717, 1.165) is 0 Å². The van der Waals surface area contributed by atoms with Gasteiger partial charge in [0.15, 0.2) is 0 Å². The van der Waals surface area contributed by atoms with Crippen LogP contribution in [-0.2, 0) is 4.79 Å². The van der Waals surface area contributed by atoms with Gasteiger partial charge in [0, 0.05) is 21.9 Å². The molecular weight excluding hydrogens is 113 g/mol. The Morgan fingerprint density at radius 1 is 1.44 bits per heavy atom. The number of hydrogen-bond acceptors (Lipinski definition) is 1. The summed E-state index contributed by atoms with van der Waals surface area (Å²) in [7, 11) is 1.63. The molecule has 0 fully saturated rings. The molecule has 0 aromatic heterocycles. The molecule has 1 N–H and O–H groups in total. The van der Waals surface area contributed by atoms with Crippen LogP contribution in [0.5, 0.6) is 0 Å². The Labute approximate surface area is 60.6 Å². The van der Waals surface area contributed by atoms with Crippen molar-refractivity contribution in [3.05, 3.63) is 0 Å². The molecule has 0 saturated carbocycles. The average molecular weight is 130 g/mol. The summed E-state index contributed by atoms with van der Waals surface area (Å²) in [6.45, 7) is 1.82. The molecule has 0 aromatic carbocycles. The molecule has 3 heteroatoms. The second-order valence-electron chi connectivity index (χ2n) is 1.03. The van der Waals surface area contributed by atoms with Crippen LogP contribution in [0.4, 0.5) is 0 Å². The second kappa shape index (κ2) is 15.6.